The Morgan fingerprint density at radius 2 is 1.85 bits per heavy atom. The molecule has 3 fully saturated rings. The second-order valence-corrected chi connectivity index (χ2v) is 8.72. The lowest BCUT2D eigenvalue weighted by atomic mass is 9.79. The van der Waals surface area contributed by atoms with Crippen molar-refractivity contribution in [1.29, 1.82) is 0 Å². The van der Waals surface area contributed by atoms with E-state index in [1.807, 2.05) is 4.90 Å². The molecule has 1 atom stereocenters. The van der Waals surface area contributed by atoms with Crippen LogP contribution in [0, 0.1) is 11.3 Å². The number of carbonyl (C=O) groups excluding carboxylic acids is 1. The first-order chi connectivity index (χ1) is 9.41. The number of amides is 1. The van der Waals surface area contributed by atoms with Gasteiger partial charge in [0.25, 0.3) is 0 Å². The summed E-state index contributed by atoms with van der Waals surface area (Å²) in [6, 6.07) is 0. The van der Waals surface area contributed by atoms with E-state index < -0.39 is 10.0 Å². The summed E-state index contributed by atoms with van der Waals surface area (Å²) in [4.78, 5) is 14.7. The molecule has 114 valence electrons. The minimum atomic E-state index is -3.13. The highest BCUT2D eigenvalue weighted by molar-refractivity contribution is 7.88. The summed E-state index contributed by atoms with van der Waals surface area (Å²) < 4.78 is 24.9. The lowest BCUT2D eigenvalue weighted by molar-refractivity contribution is -0.136. The molecule has 5 nitrogen and oxygen atoms in total. The van der Waals surface area contributed by atoms with Gasteiger partial charge in [0.05, 0.1) is 11.7 Å². The summed E-state index contributed by atoms with van der Waals surface area (Å²) in [5, 5.41) is 0. The minimum Gasteiger partial charge on any atom is -0.342 e. The highest BCUT2D eigenvalue weighted by Crippen LogP contribution is 2.43. The van der Waals surface area contributed by atoms with E-state index >= 15 is 0 Å². The molecular weight excluding hydrogens is 276 g/mol. The van der Waals surface area contributed by atoms with Gasteiger partial charge >= 0.3 is 0 Å². The third-order valence-corrected chi connectivity index (χ3v) is 6.45. The monoisotopic (exact) mass is 300 g/mol. The number of rotatable bonds is 3. The molecule has 0 aromatic heterocycles. The summed E-state index contributed by atoms with van der Waals surface area (Å²) in [5.41, 5.74) is -0.270. The molecule has 0 aromatic carbocycles. The second kappa shape index (κ2) is 4.98. The van der Waals surface area contributed by atoms with Crippen molar-refractivity contribution in [3.63, 3.8) is 0 Å². The number of nitrogens with zero attached hydrogens (tertiary/aromatic N) is 2. The quantitative estimate of drug-likeness (QED) is 0.783. The van der Waals surface area contributed by atoms with E-state index in [1.165, 1.54) is 19.1 Å². The van der Waals surface area contributed by atoms with Crippen molar-refractivity contribution in [2.24, 2.45) is 11.3 Å². The molecule has 3 aliphatic rings. The van der Waals surface area contributed by atoms with Crippen LogP contribution in [0.4, 0.5) is 0 Å². The van der Waals surface area contributed by atoms with Gasteiger partial charge in [-0.2, -0.15) is 0 Å². The fourth-order valence-corrected chi connectivity index (χ4v) is 4.53. The highest BCUT2D eigenvalue weighted by Gasteiger charge is 2.48. The number of hydrogen-bond donors (Lipinski definition) is 0. The topological polar surface area (TPSA) is 57.7 Å². The Balaban J connectivity index is 1.68. The first-order valence-electron chi connectivity index (χ1n) is 7.65. The fourth-order valence-electron chi connectivity index (χ4n) is 3.64. The number of likely N-dealkylation sites (tertiary alicyclic amines) is 1. The summed E-state index contributed by atoms with van der Waals surface area (Å²) in [5.74, 6) is 1.02. The van der Waals surface area contributed by atoms with Gasteiger partial charge in [0.2, 0.25) is 15.9 Å². The van der Waals surface area contributed by atoms with Crippen molar-refractivity contribution < 1.29 is 13.2 Å². The first-order valence-corrected chi connectivity index (χ1v) is 9.50. The van der Waals surface area contributed by atoms with Gasteiger partial charge in [-0.1, -0.05) is 0 Å². The molecular formula is C14H24N2O3S. The Hall–Kier alpha value is -0.620. The standard InChI is InChI=1S/C14H24N2O3S/c1-20(18,19)16-8-2-5-14(7-10-16)6-9-15(13(14)17)11-12-3-4-12/h12H,2-11H2,1H3. The molecule has 0 bridgehead atoms. The van der Waals surface area contributed by atoms with Gasteiger partial charge in [0.15, 0.2) is 0 Å². The largest absolute Gasteiger partial charge is 0.342 e. The molecule has 1 spiro atoms. The average Bonchev–Trinajstić information content (AvgIpc) is 3.15. The third-order valence-electron chi connectivity index (χ3n) is 5.15. The fraction of sp³-hybridized carbons (Fsp3) is 0.929. The van der Waals surface area contributed by atoms with E-state index in [1.54, 1.807) is 4.31 Å². The molecule has 2 aliphatic heterocycles. The molecule has 0 radical (unpaired) electrons. The summed E-state index contributed by atoms with van der Waals surface area (Å²) in [7, 11) is -3.13. The zero-order valence-electron chi connectivity index (χ0n) is 12.2. The van der Waals surface area contributed by atoms with E-state index in [4.69, 9.17) is 0 Å². The maximum Gasteiger partial charge on any atom is 0.228 e. The van der Waals surface area contributed by atoms with Gasteiger partial charge in [-0.25, -0.2) is 12.7 Å². The maximum atomic E-state index is 12.7. The van der Waals surface area contributed by atoms with Crippen LogP contribution in [0.25, 0.3) is 0 Å². The van der Waals surface area contributed by atoms with Crippen LogP contribution in [0.3, 0.4) is 0 Å². The third kappa shape index (κ3) is 2.72. The van der Waals surface area contributed by atoms with E-state index in [0.29, 0.717) is 25.4 Å². The highest BCUT2D eigenvalue weighted by atomic mass is 32.2. The van der Waals surface area contributed by atoms with Crippen LogP contribution < -0.4 is 0 Å². The van der Waals surface area contributed by atoms with Crippen molar-refractivity contribution in [2.45, 2.75) is 38.5 Å². The van der Waals surface area contributed by atoms with Gasteiger partial charge in [0.1, 0.15) is 0 Å². The molecule has 20 heavy (non-hydrogen) atoms. The average molecular weight is 300 g/mol. The molecule has 2 saturated heterocycles. The van der Waals surface area contributed by atoms with Crippen LogP contribution in [-0.2, 0) is 14.8 Å². The van der Waals surface area contributed by atoms with Crippen LogP contribution in [0.5, 0.6) is 0 Å². The van der Waals surface area contributed by atoms with E-state index in [-0.39, 0.29) is 5.41 Å². The smallest absolute Gasteiger partial charge is 0.228 e. The summed E-state index contributed by atoms with van der Waals surface area (Å²) in [6.07, 6.45) is 7.05. The Morgan fingerprint density at radius 3 is 2.50 bits per heavy atom. The van der Waals surface area contributed by atoms with E-state index in [2.05, 4.69) is 0 Å². The predicted molar refractivity (Wildman–Crippen MR) is 76.6 cm³/mol. The van der Waals surface area contributed by atoms with Gasteiger partial charge in [0, 0.05) is 26.2 Å². The van der Waals surface area contributed by atoms with E-state index in [9.17, 15) is 13.2 Å². The molecule has 2 heterocycles. The van der Waals surface area contributed by atoms with Crippen LogP contribution in [0.2, 0.25) is 0 Å². The number of sulfonamides is 1. The number of hydrogen-bond acceptors (Lipinski definition) is 3. The minimum absolute atomic E-state index is 0.270. The SMILES string of the molecule is CS(=O)(=O)N1CCCC2(CCN(CC3CC3)C2=O)CC1. The van der Waals surface area contributed by atoms with Crippen molar-refractivity contribution in [1.82, 2.24) is 9.21 Å². The summed E-state index contributed by atoms with van der Waals surface area (Å²) >= 11 is 0. The molecule has 1 amide bonds. The summed E-state index contributed by atoms with van der Waals surface area (Å²) in [6.45, 7) is 2.86. The van der Waals surface area contributed by atoms with Gasteiger partial charge < -0.3 is 4.90 Å². The molecule has 1 unspecified atom stereocenters. The molecule has 6 heteroatoms. The van der Waals surface area contributed by atoms with Crippen molar-refractivity contribution >= 4 is 15.9 Å². The molecule has 3 rings (SSSR count). The second-order valence-electron chi connectivity index (χ2n) is 6.74. The predicted octanol–water partition coefficient (Wildman–Crippen LogP) is 1.06. The van der Waals surface area contributed by atoms with Crippen LogP contribution >= 0.6 is 0 Å². The maximum absolute atomic E-state index is 12.7. The molecule has 1 aliphatic carbocycles. The molecule has 0 N–H and O–H groups in total. The van der Waals surface area contributed by atoms with Crippen LogP contribution in [0.1, 0.15) is 38.5 Å². The zero-order chi connectivity index (χ0) is 14.4. The molecule has 1 saturated carbocycles. The van der Waals surface area contributed by atoms with Crippen LogP contribution in [0.15, 0.2) is 0 Å². The normalized spacial score (nSPS) is 32.9. The Bertz CT molecular complexity index is 501. The Morgan fingerprint density at radius 1 is 1.15 bits per heavy atom. The van der Waals surface area contributed by atoms with Gasteiger partial charge in [-0.15, -0.1) is 0 Å². The Labute approximate surface area is 121 Å². The first kappa shape index (κ1) is 14.3. The van der Waals surface area contributed by atoms with Crippen molar-refractivity contribution in [3.05, 3.63) is 0 Å². The molecule has 0 aromatic rings. The van der Waals surface area contributed by atoms with Crippen molar-refractivity contribution in [2.75, 3.05) is 32.4 Å². The number of carbonyl (C=O) groups is 1. The van der Waals surface area contributed by atoms with Gasteiger partial charge in [-0.05, 0) is 44.4 Å². The lowest BCUT2D eigenvalue weighted by Crippen LogP contribution is -2.37. The van der Waals surface area contributed by atoms with E-state index in [0.717, 1.165) is 38.3 Å². The van der Waals surface area contributed by atoms with Crippen molar-refractivity contribution in [3.8, 4) is 0 Å². The zero-order valence-corrected chi connectivity index (χ0v) is 13.0. The van der Waals surface area contributed by atoms with Crippen LogP contribution in [-0.4, -0.2) is 56.0 Å². The lowest BCUT2D eigenvalue weighted by Gasteiger charge is -2.26. The van der Waals surface area contributed by atoms with Gasteiger partial charge in [-0.3, -0.25) is 4.79 Å². The Kier molecular flexibility index (Phi) is 3.57.